The van der Waals surface area contributed by atoms with Gasteiger partial charge in [-0.25, -0.2) is 0 Å². The van der Waals surface area contributed by atoms with Crippen molar-refractivity contribution in [2.75, 3.05) is 20.3 Å². The molecule has 0 aromatic carbocycles. The van der Waals surface area contributed by atoms with Crippen LogP contribution in [-0.4, -0.2) is 26.3 Å². The quantitative estimate of drug-likeness (QED) is 0.796. The number of methoxy groups -OCH3 is 1. The fraction of sp³-hybridized carbons (Fsp3) is 1.00. The Kier molecular flexibility index (Phi) is 5.94. The smallest absolute Gasteiger partial charge is 0.0499 e. The zero-order chi connectivity index (χ0) is 12.9. The fourth-order valence-corrected chi connectivity index (χ4v) is 3.11. The number of hydrogen-bond donors (Lipinski definition) is 1. The van der Waals surface area contributed by atoms with E-state index in [9.17, 15) is 0 Å². The molecule has 1 aliphatic carbocycles. The zero-order valence-electron chi connectivity index (χ0n) is 12.4. The minimum Gasteiger partial charge on any atom is -0.384 e. The maximum Gasteiger partial charge on any atom is 0.0499 e. The standard InChI is InChI=1S/C15H31NO/c1-12(11-17-5)10-16-14-9-7-6-8-13(14)15(2,3)4/h12-14,16H,6-11H2,1-5H3. The van der Waals surface area contributed by atoms with Crippen LogP contribution in [0.2, 0.25) is 0 Å². The lowest BCUT2D eigenvalue weighted by atomic mass is 9.69. The van der Waals surface area contributed by atoms with Crippen molar-refractivity contribution in [2.24, 2.45) is 17.3 Å². The molecule has 0 saturated heterocycles. The van der Waals surface area contributed by atoms with Crippen LogP contribution in [0.1, 0.15) is 53.4 Å². The van der Waals surface area contributed by atoms with Crippen LogP contribution >= 0.6 is 0 Å². The summed E-state index contributed by atoms with van der Waals surface area (Å²) in [5.74, 6) is 1.44. The summed E-state index contributed by atoms with van der Waals surface area (Å²) in [6.45, 7) is 11.4. The van der Waals surface area contributed by atoms with Gasteiger partial charge < -0.3 is 10.1 Å². The second-order valence-electron chi connectivity index (χ2n) is 6.83. The maximum atomic E-state index is 5.20. The largest absolute Gasteiger partial charge is 0.384 e. The maximum absolute atomic E-state index is 5.20. The van der Waals surface area contributed by atoms with Crippen molar-refractivity contribution in [3.8, 4) is 0 Å². The Hall–Kier alpha value is -0.0800. The van der Waals surface area contributed by atoms with Gasteiger partial charge >= 0.3 is 0 Å². The Bertz CT molecular complexity index is 209. The van der Waals surface area contributed by atoms with Crippen LogP contribution < -0.4 is 5.32 Å². The first-order valence-corrected chi connectivity index (χ1v) is 7.17. The van der Waals surface area contributed by atoms with Crippen molar-refractivity contribution in [1.82, 2.24) is 5.32 Å². The highest BCUT2D eigenvalue weighted by atomic mass is 16.5. The molecule has 0 radical (unpaired) electrons. The molecule has 0 aromatic rings. The van der Waals surface area contributed by atoms with Gasteiger partial charge in [-0.2, -0.15) is 0 Å². The lowest BCUT2D eigenvalue weighted by Gasteiger charge is -2.41. The van der Waals surface area contributed by atoms with E-state index in [0.29, 0.717) is 17.4 Å². The highest BCUT2D eigenvalue weighted by molar-refractivity contribution is 4.88. The first-order chi connectivity index (χ1) is 7.95. The third kappa shape index (κ3) is 4.97. The van der Waals surface area contributed by atoms with E-state index >= 15 is 0 Å². The molecule has 0 heterocycles. The molecule has 1 N–H and O–H groups in total. The van der Waals surface area contributed by atoms with Crippen LogP contribution in [0.5, 0.6) is 0 Å². The molecule has 2 nitrogen and oxygen atoms in total. The van der Waals surface area contributed by atoms with Crippen LogP contribution in [0.15, 0.2) is 0 Å². The minimum atomic E-state index is 0.433. The second kappa shape index (κ2) is 6.75. The van der Waals surface area contributed by atoms with Gasteiger partial charge in [-0.3, -0.25) is 0 Å². The van der Waals surface area contributed by atoms with Crippen LogP contribution in [0, 0.1) is 17.3 Å². The van der Waals surface area contributed by atoms with Crippen LogP contribution in [0.25, 0.3) is 0 Å². The van der Waals surface area contributed by atoms with Gasteiger partial charge in [0.1, 0.15) is 0 Å². The second-order valence-corrected chi connectivity index (χ2v) is 6.83. The van der Waals surface area contributed by atoms with Gasteiger partial charge in [-0.1, -0.05) is 40.5 Å². The molecule has 102 valence electrons. The van der Waals surface area contributed by atoms with Gasteiger partial charge in [0.2, 0.25) is 0 Å². The number of ether oxygens (including phenoxy) is 1. The van der Waals surface area contributed by atoms with Crippen molar-refractivity contribution in [3.63, 3.8) is 0 Å². The summed E-state index contributed by atoms with van der Waals surface area (Å²) >= 11 is 0. The number of nitrogens with one attached hydrogen (secondary N) is 1. The topological polar surface area (TPSA) is 21.3 Å². The molecule has 17 heavy (non-hydrogen) atoms. The van der Waals surface area contributed by atoms with E-state index in [0.717, 1.165) is 19.1 Å². The van der Waals surface area contributed by atoms with E-state index in [1.807, 2.05) is 0 Å². The lowest BCUT2D eigenvalue weighted by molar-refractivity contribution is 0.117. The Labute approximate surface area is 108 Å². The Morgan fingerprint density at radius 3 is 2.47 bits per heavy atom. The molecule has 0 aromatic heterocycles. The molecule has 1 aliphatic rings. The van der Waals surface area contributed by atoms with Crippen molar-refractivity contribution >= 4 is 0 Å². The van der Waals surface area contributed by atoms with Crippen molar-refractivity contribution in [2.45, 2.75) is 59.4 Å². The average Bonchev–Trinajstić information content (AvgIpc) is 2.26. The Balaban J connectivity index is 2.43. The van der Waals surface area contributed by atoms with Crippen molar-refractivity contribution in [1.29, 1.82) is 0 Å². The van der Waals surface area contributed by atoms with E-state index in [1.165, 1.54) is 25.7 Å². The first kappa shape index (κ1) is 15.0. The third-order valence-corrected chi connectivity index (χ3v) is 4.06. The monoisotopic (exact) mass is 241 g/mol. The summed E-state index contributed by atoms with van der Waals surface area (Å²) in [4.78, 5) is 0. The minimum absolute atomic E-state index is 0.433. The van der Waals surface area contributed by atoms with Gasteiger partial charge in [0.05, 0.1) is 0 Å². The van der Waals surface area contributed by atoms with Gasteiger partial charge in [-0.05, 0) is 30.1 Å². The summed E-state index contributed by atoms with van der Waals surface area (Å²) in [6, 6.07) is 0.711. The van der Waals surface area contributed by atoms with Crippen molar-refractivity contribution < 1.29 is 4.74 Å². The molecule has 0 amide bonds. The van der Waals surface area contributed by atoms with E-state index < -0.39 is 0 Å². The molecule has 0 spiro atoms. The van der Waals surface area contributed by atoms with Crippen molar-refractivity contribution in [3.05, 3.63) is 0 Å². The fourth-order valence-electron chi connectivity index (χ4n) is 3.11. The SMILES string of the molecule is COCC(C)CNC1CCCCC1C(C)(C)C. The molecule has 1 saturated carbocycles. The van der Waals surface area contributed by atoms with E-state index in [2.05, 4.69) is 33.0 Å². The molecule has 1 rings (SSSR count). The van der Waals surface area contributed by atoms with E-state index in [-0.39, 0.29) is 0 Å². The number of rotatable bonds is 5. The van der Waals surface area contributed by atoms with Gasteiger partial charge in [0.15, 0.2) is 0 Å². The summed E-state index contributed by atoms with van der Waals surface area (Å²) in [5.41, 5.74) is 0.433. The molecule has 0 bridgehead atoms. The molecule has 3 atom stereocenters. The molecule has 3 unspecified atom stereocenters. The lowest BCUT2D eigenvalue weighted by Crippen LogP contribution is -2.45. The van der Waals surface area contributed by atoms with Crippen LogP contribution in [0.4, 0.5) is 0 Å². The van der Waals surface area contributed by atoms with Gasteiger partial charge in [-0.15, -0.1) is 0 Å². The first-order valence-electron chi connectivity index (χ1n) is 7.17. The molecule has 1 fully saturated rings. The average molecular weight is 241 g/mol. The summed E-state index contributed by atoms with van der Waals surface area (Å²) in [7, 11) is 1.79. The highest BCUT2D eigenvalue weighted by Crippen LogP contribution is 2.37. The van der Waals surface area contributed by atoms with Crippen LogP contribution in [0.3, 0.4) is 0 Å². The summed E-state index contributed by atoms with van der Waals surface area (Å²) in [5, 5.41) is 3.78. The summed E-state index contributed by atoms with van der Waals surface area (Å²) in [6.07, 6.45) is 5.54. The molecule has 0 aliphatic heterocycles. The Morgan fingerprint density at radius 1 is 1.24 bits per heavy atom. The highest BCUT2D eigenvalue weighted by Gasteiger charge is 2.33. The summed E-state index contributed by atoms with van der Waals surface area (Å²) < 4.78 is 5.20. The zero-order valence-corrected chi connectivity index (χ0v) is 12.4. The molecule has 2 heteroatoms. The van der Waals surface area contributed by atoms with E-state index in [4.69, 9.17) is 4.74 Å². The normalized spacial score (nSPS) is 28.1. The predicted octanol–water partition coefficient (Wildman–Crippen LogP) is 3.46. The molecular weight excluding hydrogens is 210 g/mol. The van der Waals surface area contributed by atoms with E-state index in [1.54, 1.807) is 7.11 Å². The van der Waals surface area contributed by atoms with Crippen LogP contribution in [-0.2, 0) is 4.74 Å². The third-order valence-electron chi connectivity index (χ3n) is 4.06. The van der Waals surface area contributed by atoms with Gasteiger partial charge in [0, 0.05) is 26.3 Å². The Morgan fingerprint density at radius 2 is 1.88 bits per heavy atom. The molecular formula is C15H31NO. The van der Waals surface area contributed by atoms with Gasteiger partial charge in [0.25, 0.3) is 0 Å². The predicted molar refractivity (Wildman–Crippen MR) is 74.2 cm³/mol. The number of hydrogen-bond acceptors (Lipinski definition) is 2.